The molecule has 3 heteroatoms. The van der Waals surface area contributed by atoms with Gasteiger partial charge >= 0.3 is 0 Å². The van der Waals surface area contributed by atoms with Gasteiger partial charge in [-0.05, 0) is 24.7 Å². The third kappa shape index (κ3) is 4.71. The maximum Gasteiger partial charge on any atom is 0.0951 e. The van der Waals surface area contributed by atoms with Crippen molar-refractivity contribution in [3.05, 3.63) is 0 Å². The standard InChI is InChI=1S/C17H33NO2/c1-4-5-6-8-16(2,3)13-18-15-7-10-20-17(12-15)9-11-19-14-17/h15,18H,4-14H2,1-3H3. The lowest BCUT2D eigenvalue weighted by Crippen LogP contribution is -2.49. The van der Waals surface area contributed by atoms with Crippen molar-refractivity contribution in [1.29, 1.82) is 0 Å². The molecule has 2 aliphatic heterocycles. The first-order valence-electron chi connectivity index (χ1n) is 8.50. The lowest BCUT2D eigenvalue weighted by atomic mass is 9.85. The molecule has 2 unspecified atom stereocenters. The summed E-state index contributed by atoms with van der Waals surface area (Å²) < 4.78 is 11.5. The second-order valence-electron chi connectivity index (χ2n) is 7.53. The van der Waals surface area contributed by atoms with Crippen molar-refractivity contribution < 1.29 is 9.47 Å². The fourth-order valence-electron chi connectivity index (χ4n) is 3.43. The highest BCUT2D eigenvalue weighted by Crippen LogP contribution is 2.33. The van der Waals surface area contributed by atoms with E-state index in [4.69, 9.17) is 9.47 Å². The van der Waals surface area contributed by atoms with Gasteiger partial charge < -0.3 is 14.8 Å². The summed E-state index contributed by atoms with van der Waals surface area (Å²) in [7, 11) is 0. The molecule has 3 nitrogen and oxygen atoms in total. The van der Waals surface area contributed by atoms with E-state index in [0.717, 1.165) is 45.6 Å². The van der Waals surface area contributed by atoms with Crippen LogP contribution in [0.1, 0.15) is 65.7 Å². The van der Waals surface area contributed by atoms with Crippen molar-refractivity contribution in [2.45, 2.75) is 77.4 Å². The quantitative estimate of drug-likeness (QED) is 0.725. The molecule has 2 saturated heterocycles. The van der Waals surface area contributed by atoms with Crippen LogP contribution in [0.2, 0.25) is 0 Å². The molecule has 0 aromatic carbocycles. The molecule has 0 aromatic heterocycles. The van der Waals surface area contributed by atoms with E-state index < -0.39 is 0 Å². The molecule has 1 spiro atoms. The lowest BCUT2D eigenvalue weighted by molar-refractivity contribution is -0.0899. The number of rotatable bonds is 7. The summed E-state index contributed by atoms with van der Waals surface area (Å²) in [5.41, 5.74) is 0.440. The lowest BCUT2D eigenvalue weighted by Gasteiger charge is -2.39. The van der Waals surface area contributed by atoms with Crippen LogP contribution in [-0.2, 0) is 9.47 Å². The molecule has 118 valence electrons. The first-order chi connectivity index (χ1) is 9.55. The first-order valence-corrected chi connectivity index (χ1v) is 8.50. The van der Waals surface area contributed by atoms with Gasteiger partial charge in [0.1, 0.15) is 0 Å². The van der Waals surface area contributed by atoms with Gasteiger partial charge in [0.05, 0.1) is 12.2 Å². The molecule has 0 aromatic rings. The second kappa shape index (κ2) is 7.24. The highest BCUT2D eigenvalue weighted by atomic mass is 16.6. The Hall–Kier alpha value is -0.120. The normalized spacial score (nSPS) is 31.1. The third-order valence-electron chi connectivity index (χ3n) is 4.89. The minimum atomic E-state index is 0.0300. The van der Waals surface area contributed by atoms with Gasteiger partial charge in [0.2, 0.25) is 0 Å². The van der Waals surface area contributed by atoms with Crippen LogP contribution in [0.4, 0.5) is 0 Å². The van der Waals surface area contributed by atoms with E-state index in [0.29, 0.717) is 11.5 Å². The summed E-state index contributed by atoms with van der Waals surface area (Å²) in [6.45, 7) is 10.7. The third-order valence-corrected chi connectivity index (χ3v) is 4.89. The monoisotopic (exact) mass is 283 g/mol. The summed E-state index contributed by atoms with van der Waals surface area (Å²) in [4.78, 5) is 0. The van der Waals surface area contributed by atoms with Crippen molar-refractivity contribution in [1.82, 2.24) is 5.32 Å². The Balaban J connectivity index is 1.72. The number of nitrogens with one attached hydrogen (secondary N) is 1. The Morgan fingerprint density at radius 1 is 1.25 bits per heavy atom. The van der Waals surface area contributed by atoms with Gasteiger partial charge in [-0.1, -0.05) is 40.0 Å². The zero-order chi connectivity index (χ0) is 14.5. The minimum Gasteiger partial charge on any atom is -0.378 e. The molecule has 0 bridgehead atoms. The number of hydrogen-bond donors (Lipinski definition) is 1. The number of unbranched alkanes of at least 4 members (excludes halogenated alkanes) is 2. The Kier molecular flexibility index (Phi) is 5.88. The predicted molar refractivity (Wildman–Crippen MR) is 83.1 cm³/mol. The molecule has 0 saturated carbocycles. The Morgan fingerprint density at radius 3 is 2.80 bits per heavy atom. The molecule has 1 N–H and O–H groups in total. The Bertz CT molecular complexity index is 285. The van der Waals surface area contributed by atoms with Crippen molar-refractivity contribution >= 4 is 0 Å². The molecule has 2 aliphatic rings. The van der Waals surface area contributed by atoms with Crippen molar-refractivity contribution in [3.63, 3.8) is 0 Å². The maximum atomic E-state index is 6.00. The Labute approximate surface area is 124 Å². The van der Waals surface area contributed by atoms with Crippen molar-refractivity contribution in [2.75, 3.05) is 26.4 Å². The summed E-state index contributed by atoms with van der Waals surface area (Å²) >= 11 is 0. The average Bonchev–Trinajstić information content (AvgIpc) is 2.85. The molecule has 2 heterocycles. The number of hydrogen-bond acceptors (Lipinski definition) is 3. The van der Waals surface area contributed by atoms with E-state index in [9.17, 15) is 0 Å². The van der Waals surface area contributed by atoms with E-state index in [1.807, 2.05) is 0 Å². The fraction of sp³-hybridized carbons (Fsp3) is 1.00. The van der Waals surface area contributed by atoms with Crippen LogP contribution in [0.25, 0.3) is 0 Å². The van der Waals surface area contributed by atoms with E-state index in [1.54, 1.807) is 0 Å². The molecular weight excluding hydrogens is 250 g/mol. The van der Waals surface area contributed by atoms with E-state index in [1.165, 1.54) is 25.7 Å². The minimum absolute atomic E-state index is 0.0300. The van der Waals surface area contributed by atoms with Gasteiger partial charge in [-0.25, -0.2) is 0 Å². The summed E-state index contributed by atoms with van der Waals surface area (Å²) in [5.74, 6) is 0. The summed E-state index contributed by atoms with van der Waals surface area (Å²) in [6, 6.07) is 0.607. The van der Waals surface area contributed by atoms with E-state index in [-0.39, 0.29) is 5.60 Å². The maximum absolute atomic E-state index is 6.00. The SMILES string of the molecule is CCCCCC(C)(C)CNC1CCOC2(CCOC2)C1. The average molecular weight is 283 g/mol. The first kappa shape index (κ1) is 16.3. The number of ether oxygens (including phenoxy) is 2. The molecule has 0 aliphatic carbocycles. The summed E-state index contributed by atoms with van der Waals surface area (Å²) in [6.07, 6.45) is 8.70. The second-order valence-corrected chi connectivity index (χ2v) is 7.53. The van der Waals surface area contributed by atoms with Gasteiger partial charge in [-0.15, -0.1) is 0 Å². The molecule has 0 radical (unpaired) electrons. The fourth-order valence-corrected chi connectivity index (χ4v) is 3.43. The smallest absolute Gasteiger partial charge is 0.0951 e. The zero-order valence-corrected chi connectivity index (χ0v) is 13.7. The predicted octanol–water partition coefficient (Wildman–Crippen LogP) is 3.52. The van der Waals surface area contributed by atoms with E-state index in [2.05, 4.69) is 26.1 Å². The van der Waals surface area contributed by atoms with Crippen LogP contribution in [0.15, 0.2) is 0 Å². The van der Waals surface area contributed by atoms with Crippen LogP contribution >= 0.6 is 0 Å². The van der Waals surface area contributed by atoms with Gasteiger partial charge in [-0.3, -0.25) is 0 Å². The van der Waals surface area contributed by atoms with Crippen LogP contribution in [0, 0.1) is 5.41 Å². The van der Waals surface area contributed by atoms with Crippen LogP contribution in [0.5, 0.6) is 0 Å². The van der Waals surface area contributed by atoms with Crippen molar-refractivity contribution in [3.8, 4) is 0 Å². The topological polar surface area (TPSA) is 30.5 Å². The van der Waals surface area contributed by atoms with Gasteiger partial charge in [0.25, 0.3) is 0 Å². The molecule has 2 atom stereocenters. The largest absolute Gasteiger partial charge is 0.378 e. The molecule has 2 fully saturated rings. The molecule has 0 amide bonds. The van der Waals surface area contributed by atoms with Crippen LogP contribution < -0.4 is 5.32 Å². The zero-order valence-electron chi connectivity index (χ0n) is 13.7. The Morgan fingerprint density at radius 2 is 2.10 bits per heavy atom. The van der Waals surface area contributed by atoms with Crippen LogP contribution in [-0.4, -0.2) is 38.0 Å². The molecule has 20 heavy (non-hydrogen) atoms. The van der Waals surface area contributed by atoms with Gasteiger partial charge in [0.15, 0.2) is 0 Å². The van der Waals surface area contributed by atoms with E-state index >= 15 is 0 Å². The van der Waals surface area contributed by atoms with Gasteiger partial charge in [0, 0.05) is 32.2 Å². The molecule has 2 rings (SSSR count). The summed E-state index contributed by atoms with van der Waals surface area (Å²) in [5, 5.41) is 3.80. The van der Waals surface area contributed by atoms with Gasteiger partial charge in [-0.2, -0.15) is 0 Å². The van der Waals surface area contributed by atoms with Crippen molar-refractivity contribution in [2.24, 2.45) is 5.41 Å². The molecular formula is C17H33NO2. The van der Waals surface area contributed by atoms with Crippen LogP contribution in [0.3, 0.4) is 0 Å². The highest BCUT2D eigenvalue weighted by Gasteiger charge is 2.41. The highest BCUT2D eigenvalue weighted by molar-refractivity contribution is 4.93.